The van der Waals surface area contributed by atoms with Gasteiger partial charge in [-0.15, -0.1) is 0 Å². The van der Waals surface area contributed by atoms with Crippen LogP contribution in [0.2, 0.25) is 0 Å². The van der Waals surface area contributed by atoms with Gasteiger partial charge in [0.25, 0.3) is 0 Å². The zero-order chi connectivity index (χ0) is 26.1. The van der Waals surface area contributed by atoms with Gasteiger partial charge in [0.15, 0.2) is 0 Å². The molecule has 2 heterocycles. The summed E-state index contributed by atoms with van der Waals surface area (Å²) in [5.74, 6) is 7.73. The summed E-state index contributed by atoms with van der Waals surface area (Å²) in [4.78, 5) is 0. The van der Waals surface area contributed by atoms with Gasteiger partial charge in [0.2, 0.25) is 0 Å². The van der Waals surface area contributed by atoms with Crippen LogP contribution in [-0.2, 0) is 20.3 Å². The van der Waals surface area contributed by atoms with Crippen molar-refractivity contribution >= 4 is 10.8 Å². The van der Waals surface area contributed by atoms with Crippen molar-refractivity contribution in [1.29, 1.82) is 0 Å². The second-order valence-electron chi connectivity index (χ2n) is 16.0. The van der Waals surface area contributed by atoms with Crippen molar-refractivity contribution in [3.05, 3.63) is 35.4 Å². The molecule has 8 aliphatic carbocycles. The number of rotatable bonds is 8. The van der Waals surface area contributed by atoms with Crippen LogP contribution < -0.4 is 9.47 Å². The van der Waals surface area contributed by atoms with Gasteiger partial charge in [0, 0.05) is 5.56 Å². The summed E-state index contributed by atoms with van der Waals surface area (Å²) in [6, 6.07) is 9.92. The van der Waals surface area contributed by atoms with Crippen LogP contribution in [0, 0.1) is 35.5 Å². The highest BCUT2D eigenvalue weighted by Crippen LogP contribution is 2.64. The molecular weight excluding hydrogens is 496 g/mol. The largest absolute Gasteiger partial charge is 0.491 e. The smallest absolute Gasteiger partial charge is 0.123 e. The highest BCUT2D eigenvalue weighted by molar-refractivity contribution is 5.91. The molecule has 2 atom stereocenters. The Hall–Kier alpha value is -1.78. The molecule has 10 aliphatic rings. The van der Waals surface area contributed by atoms with Crippen LogP contribution in [0.1, 0.15) is 88.2 Å². The SMILES string of the molecule is c1c(OCC2CO2)cc2cc(C34CC5CC(CC(C5)C3)C4)c(OCC3CO3)cc2c1C12CC3CC(CC(C3)C1)C2. The van der Waals surface area contributed by atoms with Crippen molar-refractivity contribution in [2.24, 2.45) is 35.5 Å². The van der Waals surface area contributed by atoms with Gasteiger partial charge >= 0.3 is 0 Å². The maximum atomic E-state index is 6.78. The van der Waals surface area contributed by atoms with Gasteiger partial charge in [0.05, 0.1) is 13.2 Å². The molecule has 2 aromatic carbocycles. The average Bonchev–Trinajstić information content (AvgIpc) is 3.84. The molecule has 0 N–H and O–H groups in total. The fourth-order valence-corrected chi connectivity index (χ4v) is 12.0. The van der Waals surface area contributed by atoms with Crippen LogP contribution in [-0.4, -0.2) is 38.6 Å². The van der Waals surface area contributed by atoms with E-state index in [4.69, 9.17) is 18.9 Å². The van der Waals surface area contributed by atoms with Gasteiger partial charge in [-0.25, -0.2) is 0 Å². The number of benzene rings is 2. The molecule has 8 bridgehead atoms. The fourth-order valence-electron chi connectivity index (χ4n) is 12.0. The van der Waals surface area contributed by atoms with Crippen molar-refractivity contribution in [2.45, 2.75) is 100 Å². The van der Waals surface area contributed by atoms with E-state index in [9.17, 15) is 0 Å². The van der Waals surface area contributed by atoms with E-state index in [1.807, 2.05) is 0 Å². The molecule has 2 aliphatic heterocycles. The molecule has 4 heteroatoms. The zero-order valence-electron chi connectivity index (χ0n) is 23.9. The molecule has 8 saturated carbocycles. The second kappa shape index (κ2) is 8.40. The molecule has 40 heavy (non-hydrogen) atoms. The number of hydrogen-bond acceptors (Lipinski definition) is 4. The number of fused-ring (bicyclic) bond motifs is 1. The van der Waals surface area contributed by atoms with Gasteiger partial charge in [-0.1, -0.05) is 0 Å². The summed E-state index contributed by atoms with van der Waals surface area (Å²) in [5, 5.41) is 2.83. The third-order valence-corrected chi connectivity index (χ3v) is 12.9. The quantitative estimate of drug-likeness (QED) is 0.329. The van der Waals surface area contributed by atoms with E-state index in [1.165, 1.54) is 99.1 Å². The first-order chi connectivity index (χ1) is 19.6. The Morgan fingerprint density at radius 2 is 1.05 bits per heavy atom. The maximum Gasteiger partial charge on any atom is 0.123 e. The van der Waals surface area contributed by atoms with Crippen molar-refractivity contribution in [1.82, 2.24) is 0 Å². The fraction of sp³-hybridized carbons (Fsp3) is 0.722. The molecule has 4 nitrogen and oxygen atoms in total. The molecule has 0 radical (unpaired) electrons. The predicted molar refractivity (Wildman–Crippen MR) is 154 cm³/mol. The molecule has 0 spiro atoms. The molecule has 12 rings (SSSR count). The van der Waals surface area contributed by atoms with E-state index in [1.54, 1.807) is 5.56 Å². The van der Waals surface area contributed by atoms with E-state index in [0.717, 1.165) is 54.5 Å². The Morgan fingerprint density at radius 3 is 1.55 bits per heavy atom. The first-order valence-corrected chi connectivity index (χ1v) is 16.7. The van der Waals surface area contributed by atoms with Crippen molar-refractivity contribution in [3.63, 3.8) is 0 Å². The molecule has 0 aromatic heterocycles. The van der Waals surface area contributed by atoms with Gasteiger partial charge < -0.3 is 18.9 Å². The third kappa shape index (κ3) is 3.84. The van der Waals surface area contributed by atoms with Gasteiger partial charge in [-0.2, -0.15) is 0 Å². The number of hydrogen-bond donors (Lipinski definition) is 0. The lowest BCUT2D eigenvalue weighted by Gasteiger charge is -2.57. The van der Waals surface area contributed by atoms with Gasteiger partial charge in [0.1, 0.15) is 36.9 Å². The Bertz CT molecular complexity index is 1280. The van der Waals surface area contributed by atoms with Gasteiger partial charge in [-0.3, -0.25) is 0 Å². The Kier molecular flexibility index (Phi) is 4.99. The third-order valence-electron chi connectivity index (χ3n) is 12.9. The van der Waals surface area contributed by atoms with Crippen molar-refractivity contribution in [3.8, 4) is 11.5 Å². The summed E-state index contributed by atoms with van der Waals surface area (Å²) >= 11 is 0. The molecule has 2 unspecified atom stereocenters. The van der Waals surface area contributed by atoms with E-state index in [0.29, 0.717) is 24.0 Å². The van der Waals surface area contributed by atoms with Crippen LogP contribution in [0.4, 0.5) is 0 Å². The zero-order valence-corrected chi connectivity index (χ0v) is 23.9. The van der Waals surface area contributed by atoms with Crippen LogP contribution in [0.5, 0.6) is 11.5 Å². The molecule has 2 saturated heterocycles. The summed E-state index contributed by atoms with van der Waals surface area (Å²) in [5.41, 5.74) is 3.68. The molecule has 212 valence electrons. The molecule has 10 fully saturated rings. The van der Waals surface area contributed by atoms with Crippen molar-refractivity contribution < 1.29 is 18.9 Å². The molecule has 0 amide bonds. The van der Waals surface area contributed by atoms with E-state index in [2.05, 4.69) is 24.3 Å². The normalized spacial score (nSPS) is 45.3. The van der Waals surface area contributed by atoms with Crippen LogP contribution in [0.25, 0.3) is 10.8 Å². The lowest BCUT2D eigenvalue weighted by atomic mass is 9.47. The van der Waals surface area contributed by atoms with Crippen LogP contribution in [0.15, 0.2) is 24.3 Å². The minimum atomic E-state index is 0.279. The predicted octanol–water partition coefficient (Wildman–Crippen LogP) is 7.33. The topological polar surface area (TPSA) is 43.5 Å². The highest BCUT2D eigenvalue weighted by Gasteiger charge is 2.54. The van der Waals surface area contributed by atoms with E-state index in [-0.39, 0.29) is 12.2 Å². The average molecular weight is 541 g/mol. The first kappa shape index (κ1) is 23.7. The number of epoxide rings is 2. The Labute approximate surface area is 238 Å². The van der Waals surface area contributed by atoms with E-state index >= 15 is 0 Å². The highest BCUT2D eigenvalue weighted by atomic mass is 16.6. The summed E-state index contributed by atoms with van der Waals surface area (Å²) in [6.07, 6.45) is 17.6. The first-order valence-electron chi connectivity index (χ1n) is 16.7. The Balaban J connectivity index is 1.14. The lowest BCUT2D eigenvalue weighted by molar-refractivity contribution is -0.00641. The van der Waals surface area contributed by atoms with Crippen molar-refractivity contribution in [2.75, 3.05) is 26.4 Å². The second-order valence-corrected chi connectivity index (χ2v) is 16.0. The minimum absolute atomic E-state index is 0.279. The number of ether oxygens (including phenoxy) is 4. The molecule has 2 aromatic rings. The lowest BCUT2D eigenvalue weighted by Crippen LogP contribution is -2.49. The summed E-state index contributed by atoms with van der Waals surface area (Å²) < 4.78 is 24.4. The maximum absolute atomic E-state index is 6.78. The standard InChI is InChI=1S/C36H44O4/c1-21-2-23-3-22(1)12-35(11-21,13-23)32-9-28(37-17-29-18-38-29)7-27-8-33(34(10-31(27)32)40-20-30-19-39-30)36-14-24-4-25(15-36)6-26(5-24)16-36/h7-10,21-26,29-30H,1-6,11-20H2. The van der Waals surface area contributed by atoms with Gasteiger partial charge in [-0.05, 0) is 164 Å². The van der Waals surface area contributed by atoms with E-state index < -0.39 is 0 Å². The minimum Gasteiger partial charge on any atom is -0.491 e. The molecular formula is C36H44O4. The van der Waals surface area contributed by atoms with Crippen LogP contribution in [0.3, 0.4) is 0 Å². The summed E-state index contributed by atoms with van der Waals surface area (Å²) in [6.45, 7) is 3.07. The monoisotopic (exact) mass is 540 g/mol. The Morgan fingerprint density at radius 1 is 0.575 bits per heavy atom. The summed E-state index contributed by atoms with van der Waals surface area (Å²) in [7, 11) is 0. The van der Waals surface area contributed by atoms with Crippen LogP contribution >= 0.6 is 0 Å².